The summed E-state index contributed by atoms with van der Waals surface area (Å²) in [7, 11) is 0. The molecule has 5 nitrogen and oxygen atoms in total. The maximum Gasteiger partial charge on any atom is 0.135 e. The van der Waals surface area contributed by atoms with Crippen LogP contribution in [0.5, 0.6) is 0 Å². The van der Waals surface area contributed by atoms with Crippen molar-refractivity contribution in [2.45, 2.75) is 31.2 Å². The minimum absolute atomic E-state index is 0.596. The summed E-state index contributed by atoms with van der Waals surface area (Å²) in [5.41, 5.74) is 0. The maximum absolute atomic E-state index is 5.45. The average Bonchev–Trinajstić information content (AvgIpc) is 3.24. The maximum atomic E-state index is 5.45. The fourth-order valence-electron chi connectivity index (χ4n) is 3.30. The van der Waals surface area contributed by atoms with E-state index < -0.39 is 0 Å². The van der Waals surface area contributed by atoms with Crippen LogP contribution in [0.15, 0.2) is 10.7 Å². The van der Waals surface area contributed by atoms with E-state index in [0.717, 1.165) is 55.6 Å². The fourth-order valence-corrected chi connectivity index (χ4v) is 3.69. The van der Waals surface area contributed by atoms with Gasteiger partial charge in [-0.15, -0.1) is 0 Å². The Morgan fingerprint density at radius 2 is 1.90 bits per heavy atom. The zero-order valence-electron chi connectivity index (χ0n) is 12.2. The third kappa shape index (κ3) is 3.07. The zero-order chi connectivity index (χ0) is 14.2. The molecule has 1 unspecified atom stereocenters. The van der Waals surface area contributed by atoms with Gasteiger partial charge >= 0.3 is 0 Å². The Bertz CT molecular complexity index is 516. The molecule has 0 spiro atoms. The zero-order valence-corrected chi connectivity index (χ0v) is 13.8. The van der Waals surface area contributed by atoms with Crippen LogP contribution in [0.25, 0.3) is 0 Å². The number of aromatic nitrogens is 2. The Morgan fingerprint density at radius 3 is 2.67 bits per heavy atom. The van der Waals surface area contributed by atoms with Gasteiger partial charge in [-0.3, -0.25) is 4.90 Å². The summed E-state index contributed by atoms with van der Waals surface area (Å²) in [5, 5.41) is 0. The lowest BCUT2D eigenvalue weighted by Crippen LogP contribution is -2.44. The Kier molecular flexibility index (Phi) is 3.85. The molecule has 3 heterocycles. The van der Waals surface area contributed by atoms with Crippen LogP contribution in [-0.4, -0.2) is 60.3 Å². The van der Waals surface area contributed by atoms with E-state index in [1.54, 1.807) is 0 Å². The first-order chi connectivity index (χ1) is 10.3. The van der Waals surface area contributed by atoms with Crippen LogP contribution in [-0.2, 0) is 4.74 Å². The van der Waals surface area contributed by atoms with Crippen LogP contribution in [0.1, 0.15) is 31.0 Å². The lowest BCUT2D eigenvalue weighted by molar-refractivity contribution is 0.0209. The van der Waals surface area contributed by atoms with Gasteiger partial charge in [0.15, 0.2) is 0 Å². The lowest BCUT2D eigenvalue weighted by Gasteiger charge is -2.32. The first kappa shape index (κ1) is 13.9. The van der Waals surface area contributed by atoms with E-state index >= 15 is 0 Å². The molecule has 1 aromatic heterocycles. The quantitative estimate of drug-likeness (QED) is 0.778. The molecular weight excluding hydrogens is 332 g/mol. The minimum atomic E-state index is 0.596. The van der Waals surface area contributed by atoms with Crippen LogP contribution in [0.3, 0.4) is 0 Å². The standard InChI is InChI=1S/C15H21BrN4O/c16-13-9-14(18-15(17-13)11-1-2-11)20-4-3-12(10-20)19-5-7-21-8-6-19/h9,11-12H,1-8,10H2. The second-order valence-electron chi connectivity index (χ2n) is 6.22. The molecule has 1 saturated carbocycles. The van der Waals surface area contributed by atoms with E-state index in [0.29, 0.717) is 12.0 Å². The van der Waals surface area contributed by atoms with E-state index in [1.165, 1.54) is 19.3 Å². The highest BCUT2D eigenvalue weighted by atomic mass is 79.9. The van der Waals surface area contributed by atoms with Crippen molar-refractivity contribution in [3.63, 3.8) is 0 Å². The predicted octanol–water partition coefficient (Wildman–Crippen LogP) is 2.03. The van der Waals surface area contributed by atoms with E-state index in [9.17, 15) is 0 Å². The van der Waals surface area contributed by atoms with Crippen molar-refractivity contribution in [1.29, 1.82) is 0 Å². The Hall–Kier alpha value is -0.720. The fraction of sp³-hybridized carbons (Fsp3) is 0.733. The monoisotopic (exact) mass is 352 g/mol. The Balaban J connectivity index is 1.47. The molecule has 3 fully saturated rings. The van der Waals surface area contributed by atoms with Crippen LogP contribution in [0.2, 0.25) is 0 Å². The van der Waals surface area contributed by atoms with Gasteiger partial charge in [-0.2, -0.15) is 0 Å². The van der Waals surface area contributed by atoms with Crippen molar-refractivity contribution >= 4 is 21.7 Å². The molecule has 1 atom stereocenters. The van der Waals surface area contributed by atoms with Gasteiger partial charge in [0.05, 0.1) is 13.2 Å². The largest absolute Gasteiger partial charge is 0.379 e. The third-order valence-corrected chi connectivity index (χ3v) is 5.10. The van der Waals surface area contributed by atoms with Gasteiger partial charge in [0.25, 0.3) is 0 Å². The molecule has 6 heteroatoms. The lowest BCUT2D eigenvalue weighted by atomic mass is 10.2. The number of hydrogen-bond acceptors (Lipinski definition) is 5. The molecule has 0 radical (unpaired) electrons. The topological polar surface area (TPSA) is 41.5 Å². The summed E-state index contributed by atoms with van der Waals surface area (Å²) < 4.78 is 6.37. The molecule has 0 bridgehead atoms. The molecule has 21 heavy (non-hydrogen) atoms. The smallest absolute Gasteiger partial charge is 0.135 e. The number of halogens is 1. The van der Waals surface area contributed by atoms with Gasteiger partial charge in [0.2, 0.25) is 0 Å². The summed E-state index contributed by atoms with van der Waals surface area (Å²) in [6, 6.07) is 2.71. The first-order valence-electron chi connectivity index (χ1n) is 7.91. The molecule has 114 valence electrons. The average molecular weight is 353 g/mol. The van der Waals surface area contributed by atoms with Gasteiger partial charge in [-0.25, -0.2) is 9.97 Å². The van der Waals surface area contributed by atoms with Crippen molar-refractivity contribution < 1.29 is 4.74 Å². The molecule has 0 amide bonds. The first-order valence-corrected chi connectivity index (χ1v) is 8.70. The third-order valence-electron chi connectivity index (χ3n) is 4.69. The predicted molar refractivity (Wildman–Crippen MR) is 84.7 cm³/mol. The summed E-state index contributed by atoms with van der Waals surface area (Å²) >= 11 is 3.54. The highest BCUT2D eigenvalue weighted by Crippen LogP contribution is 2.39. The van der Waals surface area contributed by atoms with Crippen molar-refractivity contribution in [2.24, 2.45) is 0 Å². The summed E-state index contributed by atoms with van der Waals surface area (Å²) in [4.78, 5) is 14.3. The van der Waals surface area contributed by atoms with E-state index in [1.807, 2.05) is 0 Å². The number of nitrogens with zero attached hydrogens (tertiary/aromatic N) is 4. The molecule has 1 aliphatic carbocycles. The SMILES string of the molecule is Brc1cc(N2CCC(N3CCOCC3)C2)nc(C2CC2)n1. The Labute approximate surface area is 133 Å². The van der Waals surface area contributed by atoms with Crippen molar-refractivity contribution in [2.75, 3.05) is 44.3 Å². The Morgan fingerprint density at radius 1 is 1.10 bits per heavy atom. The minimum Gasteiger partial charge on any atom is -0.379 e. The highest BCUT2D eigenvalue weighted by molar-refractivity contribution is 9.10. The highest BCUT2D eigenvalue weighted by Gasteiger charge is 2.31. The van der Waals surface area contributed by atoms with Gasteiger partial charge < -0.3 is 9.64 Å². The number of hydrogen-bond donors (Lipinski definition) is 0. The molecule has 3 aliphatic rings. The van der Waals surface area contributed by atoms with Crippen molar-refractivity contribution in [3.05, 3.63) is 16.5 Å². The molecule has 2 saturated heterocycles. The van der Waals surface area contributed by atoms with Crippen LogP contribution >= 0.6 is 15.9 Å². The number of anilines is 1. The molecule has 0 N–H and O–H groups in total. The van der Waals surface area contributed by atoms with E-state index in [4.69, 9.17) is 9.72 Å². The summed E-state index contributed by atoms with van der Waals surface area (Å²) in [6.45, 7) is 6.06. The molecule has 0 aromatic carbocycles. The molecular formula is C15H21BrN4O. The van der Waals surface area contributed by atoms with E-state index in [-0.39, 0.29) is 0 Å². The molecule has 1 aromatic rings. The van der Waals surface area contributed by atoms with Gasteiger partial charge in [-0.1, -0.05) is 0 Å². The second kappa shape index (κ2) is 5.82. The number of ether oxygens (including phenoxy) is 1. The molecule has 4 rings (SSSR count). The summed E-state index contributed by atoms with van der Waals surface area (Å²) in [5.74, 6) is 2.71. The van der Waals surface area contributed by atoms with Crippen LogP contribution < -0.4 is 4.90 Å². The number of rotatable bonds is 3. The van der Waals surface area contributed by atoms with Crippen molar-refractivity contribution in [1.82, 2.24) is 14.9 Å². The van der Waals surface area contributed by atoms with Crippen molar-refractivity contribution in [3.8, 4) is 0 Å². The normalized spacial score (nSPS) is 27.3. The van der Waals surface area contributed by atoms with Crippen LogP contribution in [0, 0.1) is 0 Å². The molecule has 2 aliphatic heterocycles. The van der Waals surface area contributed by atoms with Gasteiger partial charge in [0, 0.05) is 44.2 Å². The van der Waals surface area contributed by atoms with Gasteiger partial charge in [-0.05, 0) is 35.2 Å². The van der Waals surface area contributed by atoms with Crippen LogP contribution in [0.4, 0.5) is 5.82 Å². The van der Waals surface area contributed by atoms with E-state index in [2.05, 4.69) is 36.8 Å². The van der Waals surface area contributed by atoms with Gasteiger partial charge in [0.1, 0.15) is 16.2 Å². The second-order valence-corrected chi connectivity index (χ2v) is 7.03. The number of morpholine rings is 1. The summed E-state index contributed by atoms with van der Waals surface area (Å²) in [6.07, 6.45) is 3.71.